The van der Waals surface area contributed by atoms with Crippen molar-refractivity contribution >= 4 is 29.9 Å². The lowest BCUT2D eigenvalue weighted by Gasteiger charge is -2.27. The zero-order valence-corrected chi connectivity index (χ0v) is 14.4. The standard InChI is InChI=1S/C15H19F2N3O.HI/c16-13(17)15(6-7-15)9-19-14(18)20-11-5-8-21-12-4-2-1-3-10(11)12;/h1-4,11,13H,5-9H2,(H3,18,19,20);1H. The van der Waals surface area contributed by atoms with Crippen LogP contribution in [0.25, 0.3) is 0 Å². The summed E-state index contributed by atoms with van der Waals surface area (Å²) in [6, 6.07) is 7.75. The molecule has 0 aromatic heterocycles. The first-order valence-corrected chi connectivity index (χ1v) is 7.17. The van der Waals surface area contributed by atoms with Gasteiger partial charge < -0.3 is 15.8 Å². The zero-order chi connectivity index (χ0) is 14.9. The molecule has 1 unspecified atom stereocenters. The highest BCUT2D eigenvalue weighted by Gasteiger charge is 2.50. The highest BCUT2D eigenvalue weighted by Crippen LogP contribution is 2.50. The van der Waals surface area contributed by atoms with Crippen LogP contribution in [0.15, 0.2) is 29.3 Å². The van der Waals surface area contributed by atoms with Crippen LogP contribution < -0.4 is 15.8 Å². The molecule has 0 amide bonds. The van der Waals surface area contributed by atoms with Crippen LogP contribution in [0.2, 0.25) is 0 Å². The molecule has 122 valence electrons. The fraction of sp³-hybridized carbons (Fsp3) is 0.533. The second-order valence-corrected chi connectivity index (χ2v) is 5.74. The van der Waals surface area contributed by atoms with Crippen molar-refractivity contribution in [2.24, 2.45) is 16.1 Å². The molecule has 4 nitrogen and oxygen atoms in total. The second kappa shape index (κ2) is 6.97. The molecule has 3 rings (SSSR count). The molecule has 1 fully saturated rings. The van der Waals surface area contributed by atoms with E-state index in [1.54, 1.807) is 0 Å². The van der Waals surface area contributed by atoms with Crippen LogP contribution >= 0.6 is 24.0 Å². The lowest BCUT2D eigenvalue weighted by Crippen LogP contribution is -2.38. The average molecular weight is 423 g/mol. The Morgan fingerprint density at radius 1 is 1.41 bits per heavy atom. The van der Waals surface area contributed by atoms with Crippen molar-refractivity contribution in [1.82, 2.24) is 5.32 Å². The van der Waals surface area contributed by atoms with E-state index in [1.165, 1.54) is 0 Å². The maximum atomic E-state index is 12.8. The van der Waals surface area contributed by atoms with Gasteiger partial charge in [0.15, 0.2) is 5.96 Å². The lowest BCUT2D eigenvalue weighted by molar-refractivity contribution is 0.0667. The van der Waals surface area contributed by atoms with Crippen LogP contribution in [0.4, 0.5) is 8.78 Å². The predicted octanol–water partition coefficient (Wildman–Crippen LogP) is 3.08. The minimum atomic E-state index is -2.32. The van der Waals surface area contributed by atoms with Gasteiger partial charge in [0.2, 0.25) is 6.43 Å². The van der Waals surface area contributed by atoms with E-state index >= 15 is 0 Å². The number of hydrogen-bond acceptors (Lipinski definition) is 2. The molecule has 0 saturated heterocycles. The third-order valence-corrected chi connectivity index (χ3v) is 4.20. The van der Waals surface area contributed by atoms with Gasteiger partial charge >= 0.3 is 0 Å². The smallest absolute Gasteiger partial charge is 0.245 e. The van der Waals surface area contributed by atoms with Crippen molar-refractivity contribution in [3.63, 3.8) is 0 Å². The van der Waals surface area contributed by atoms with Crippen molar-refractivity contribution in [3.05, 3.63) is 29.8 Å². The number of hydrogen-bond donors (Lipinski definition) is 2. The molecule has 1 atom stereocenters. The first-order valence-electron chi connectivity index (χ1n) is 7.17. The minimum Gasteiger partial charge on any atom is -0.493 e. The number of nitrogens with one attached hydrogen (secondary N) is 1. The molecule has 1 saturated carbocycles. The van der Waals surface area contributed by atoms with Gasteiger partial charge in [-0.2, -0.15) is 0 Å². The number of benzene rings is 1. The average Bonchev–Trinajstić information content (AvgIpc) is 3.27. The van der Waals surface area contributed by atoms with Gasteiger partial charge in [0, 0.05) is 12.0 Å². The summed E-state index contributed by atoms with van der Waals surface area (Å²) in [5, 5.41) is 3.12. The summed E-state index contributed by atoms with van der Waals surface area (Å²) >= 11 is 0. The Bertz CT molecular complexity index is 549. The third kappa shape index (κ3) is 3.61. The van der Waals surface area contributed by atoms with Crippen LogP contribution in [0.5, 0.6) is 5.75 Å². The van der Waals surface area contributed by atoms with Crippen molar-refractivity contribution in [2.45, 2.75) is 31.7 Å². The van der Waals surface area contributed by atoms with E-state index in [4.69, 9.17) is 10.5 Å². The number of aliphatic imine (C=N–C) groups is 1. The van der Waals surface area contributed by atoms with Crippen molar-refractivity contribution in [2.75, 3.05) is 13.2 Å². The minimum absolute atomic E-state index is 0. The number of fused-ring (bicyclic) bond motifs is 1. The molecule has 0 radical (unpaired) electrons. The van der Waals surface area contributed by atoms with Crippen molar-refractivity contribution < 1.29 is 13.5 Å². The van der Waals surface area contributed by atoms with Gasteiger partial charge in [0.1, 0.15) is 5.75 Å². The SMILES string of the molecule is I.NC(=NCC1(C(F)F)CC1)NC1CCOc2ccccc21. The molecule has 7 heteroatoms. The van der Waals surface area contributed by atoms with E-state index in [9.17, 15) is 8.78 Å². The lowest BCUT2D eigenvalue weighted by atomic mass is 10.0. The first-order chi connectivity index (χ1) is 10.1. The fourth-order valence-corrected chi connectivity index (χ4v) is 2.56. The molecule has 0 spiro atoms. The maximum absolute atomic E-state index is 12.8. The van der Waals surface area contributed by atoms with Crippen LogP contribution in [0.1, 0.15) is 30.9 Å². The summed E-state index contributed by atoms with van der Waals surface area (Å²) in [7, 11) is 0. The van der Waals surface area contributed by atoms with Gasteiger partial charge in [-0.15, -0.1) is 24.0 Å². The van der Waals surface area contributed by atoms with Crippen molar-refractivity contribution in [1.29, 1.82) is 0 Å². The second-order valence-electron chi connectivity index (χ2n) is 5.74. The number of rotatable bonds is 4. The molecule has 1 aromatic carbocycles. The molecule has 1 aliphatic heterocycles. The normalized spacial score (nSPS) is 22.3. The van der Waals surface area contributed by atoms with E-state index in [-0.39, 0.29) is 42.5 Å². The Morgan fingerprint density at radius 2 is 2.14 bits per heavy atom. The van der Waals surface area contributed by atoms with Gasteiger partial charge in [-0.1, -0.05) is 18.2 Å². The Morgan fingerprint density at radius 3 is 2.82 bits per heavy atom. The number of nitrogens with zero attached hydrogens (tertiary/aromatic N) is 1. The number of para-hydroxylation sites is 1. The van der Waals surface area contributed by atoms with E-state index in [0.717, 1.165) is 17.7 Å². The van der Waals surface area contributed by atoms with E-state index < -0.39 is 11.8 Å². The Kier molecular flexibility index (Phi) is 5.46. The molecule has 1 heterocycles. The van der Waals surface area contributed by atoms with Gasteiger partial charge in [-0.25, -0.2) is 8.78 Å². The largest absolute Gasteiger partial charge is 0.493 e. The molecule has 3 N–H and O–H groups in total. The van der Waals surface area contributed by atoms with Crippen molar-refractivity contribution in [3.8, 4) is 5.75 Å². The molecule has 1 aliphatic carbocycles. The molecule has 2 aliphatic rings. The highest BCUT2D eigenvalue weighted by molar-refractivity contribution is 14.0. The summed E-state index contributed by atoms with van der Waals surface area (Å²) in [6.07, 6.45) is -0.492. The van der Waals surface area contributed by atoms with Crippen LogP contribution in [-0.2, 0) is 0 Å². The van der Waals surface area contributed by atoms with Crippen LogP contribution in [0.3, 0.4) is 0 Å². The number of nitrogens with two attached hydrogens (primary N) is 1. The van der Waals surface area contributed by atoms with Crippen LogP contribution in [-0.4, -0.2) is 25.5 Å². The van der Waals surface area contributed by atoms with Crippen LogP contribution in [0, 0.1) is 5.41 Å². The molecule has 22 heavy (non-hydrogen) atoms. The Labute approximate surface area is 145 Å². The molecular formula is C15H20F2IN3O. The van der Waals surface area contributed by atoms with E-state index in [1.807, 2.05) is 24.3 Å². The Hall–Kier alpha value is -1.12. The molecular weight excluding hydrogens is 403 g/mol. The fourth-order valence-electron chi connectivity index (χ4n) is 2.56. The molecule has 1 aromatic rings. The maximum Gasteiger partial charge on any atom is 0.245 e. The summed E-state index contributed by atoms with van der Waals surface area (Å²) in [5.41, 5.74) is 5.94. The zero-order valence-electron chi connectivity index (χ0n) is 12.1. The monoisotopic (exact) mass is 423 g/mol. The quantitative estimate of drug-likeness (QED) is 0.445. The number of alkyl halides is 2. The van der Waals surface area contributed by atoms with E-state index in [0.29, 0.717) is 19.4 Å². The number of halogens is 3. The summed E-state index contributed by atoms with van der Waals surface area (Å²) in [5.74, 6) is 1.06. The topological polar surface area (TPSA) is 59.6 Å². The highest BCUT2D eigenvalue weighted by atomic mass is 127. The first kappa shape index (κ1) is 17.2. The van der Waals surface area contributed by atoms with Gasteiger partial charge in [-0.05, 0) is 18.9 Å². The summed E-state index contributed by atoms with van der Waals surface area (Å²) < 4.78 is 31.2. The Balaban J connectivity index is 0.00000176. The van der Waals surface area contributed by atoms with Gasteiger partial charge in [0.25, 0.3) is 0 Å². The predicted molar refractivity (Wildman–Crippen MR) is 92.0 cm³/mol. The van der Waals surface area contributed by atoms with Gasteiger partial charge in [0.05, 0.1) is 24.6 Å². The number of guanidine groups is 1. The molecule has 0 bridgehead atoms. The number of ether oxygens (including phenoxy) is 1. The third-order valence-electron chi connectivity index (χ3n) is 4.20. The summed E-state index contributed by atoms with van der Waals surface area (Å²) in [4.78, 5) is 4.11. The van der Waals surface area contributed by atoms with Gasteiger partial charge in [-0.3, -0.25) is 4.99 Å². The summed E-state index contributed by atoms with van der Waals surface area (Å²) in [6.45, 7) is 0.692. The van der Waals surface area contributed by atoms with E-state index in [2.05, 4.69) is 10.3 Å².